The van der Waals surface area contributed by atoms with E-state index in [2.05, 4.69) is 437 Å². The van der Waals surface area contributed by atoms with E-state index in [1.165, 1.54) is 254 Å². The van der Waals surface area contributed by atoms with Gasteiger partial charge >= 0.3 is 0 Å². The van der Waals surface area contributed by atoms with Gasteiger partial charge in [0.1, 0.15) is 0 Å². The number of benzene rings is 24. The van der Waals surface area contributed by atoms with Gasteiger partial charge in [0.2, 0.25) is 0 Å². The minimum absolute atomic E-state index is 1.27. The highest BCUT2D eigenvalue weighted by atomic mass is 32.1. The fraction of sp³-hybridized carbons (Fsp3) is 0. The first-order chi connectivity index (χ1) is 61.5. The van der Waals surface area contributed by atoms with Crippen LogP contribution in [0.3, 0.4) is 0 Å². The molecule has 0 radical (unpaired) electrons. The van der Waals surface area contributed by atoms with Crippen LogP contribution in [0.2, 0.25) is 0 Å². The first-order valence-electron chi connectivity index (χ1n) is 42.5. The van der Waals surface area contributed by atoms with Gasteiger partial charge in [-0.25, -0.2) is 0 Å². The Hall–Kier alpha value is -14.7. The van der Waals surface area contributed by atoms with Gasteiger partial charge < -0.3 is 0 Å². The van der Waals surface area contributed by atoms with Crippen LogP contribution in [0.15, 0.2) is 437 Å². The van der Waals surface area contributed by atoms with E-state index in [1.807, 2.05) is 45.3 Å². The lowest BCUT2D eigenvalue weighted by atomic mass is 9.91. The van der Waals surface area contributed by atoms with Gasteiger partial charge in [0, 0.05) is 80.7 Å². The maximum Gasteiger partial charge on any atom is 0.0433 e. The van der Waals surface area contributed by atoms with E-state index in [1.54, 1.807) is 0 Å². The molecule has 28 rings (SSSR count). The van der Waals surface area contributed by atoms with Crippen molar-refractivity contribution in [1.29, 1.82) is 0 Å². The number of hydrogen-bond donors (Lipinski definition) is 0. The molecule has 0 N–H and O–H groups in total. The third-order valence-electron chi connectivity index (χ3n) is 25.8. The first-order valence-corrected chi connectivity index (χ1v) is 45.7. The molecule has 0 unspecified atom stereocenters. The zero-order valence-corrected chi connectivity index (χ0v) is 70.5. The predicted octanol–water partition coefficient (Wildman–Crippen LogP) is 36.7. The van der Waals surface area contributed by atoms with Crippen molar-refractivity contribution < 1.29 is 0 Å². The second-order valence-electron chi connectivity index (χ2n) is 32.6. The SMILES string of the molecule is c1ccc2c(c1)sc1c(-c3ccc4c5ccccc5c5ccccc5c4c3)cccc12.c1ccc2c(c1)sc1cc(-c3ccc4c5ccccc5c5ccccc5c4c3)ccc12.c1ccc2c(c1)sc1ccc(-c3ccc4c5ccccc5c5ccccc5c4c3)cc12.c1ccc2c(c1)sc1cccc(-c3ccc4c5ccccc5c5ccccc5c4c3)c12. The summed E-state index contributed by atoms with van der Waals surface area (Å²) in [5, 5.41) is 42.5. The second-order valence-corrected chi connectivity index (χ2v) is 36.9. The van der Waals surface area contributed by atoms with Crippen LogP contribution in [-0.2, 0) is 0 Å². The molecule has 0 spiro atoms. The molecule has 0 atom stereocenters. The van der Waals surface area contributed by atoms with Gasteiger partial charge in [0.05, 0.1) is 0 Å². The summed E-state index contributed by atoms with van der Waals surface area (Å²) in [7, 11) is 0. The van der Waals surface area contributed by atoms with Gasteiger partial charge in [-0.3, -0.25) is 0 Å². The molecule has 24 aromatic carbocycles. The lowest BCUT2D eigenvalue weighted by Crippen LogP contribution is -1.85. The molecular formula is C120H72S4. The quantitative estimate of drug-likeness (QED) is 0.154. The van der Waals surface area contributed by atoms with Gasteiger partial charge in [-0.15, -0.1) is 45.3 Å². The van der Waals surface area contributed by atoms with Crippen LogP contribution in [0, 0.1) is 0 Å². The summed E-state index contributed by atoms with van der Waals surface area (Å²) in [6.45, 7) is 0. The first kappa shape index (κ1) is 72.1. The van der Waals surface area contributed by atoms with Gasteiger partial charge in [-0.05, 0) is 247 Å². The van der Waals surface area contributed by atoms with Crippen LogP contribution in [0.25, 0.3) is 254 Å². The largest absolute Gasteiger partial charge is 0.135 e. The highest BCUT2D eigenvalue weighted by Crippen LogP contribution is 2.48. The molecule has 4 heterocycles. The second kappa shape index (κ2) is 29.6. The van der Waals surface area contributed by atoms with Crippen molar-refractivity contribution >= 4 is 255 Å². The molecule has 0 nitrogen and oxygen atoms in total. The zero-order valence-electron chi connectivity index (χ0n) is 67.2. The molecule has 576 valence electrons. The van der Waals surface area contributed by atoms with Crippen LogP contribution in [0.4, 0.5) is 0 Å². The normalized spacial score (nSPS) is 11.9. The molecule has 4 heteroatoms. The minimum atomic E-state index is 1.27. The Morgan fingerprint density at radius 3 is 0.734 bits per heavy atom. The highest BCUT2D eigenvalue weighted by molar-refractivity contribution is 7.27. The van der Waals surface area contributed by atoms with E-state index in [9.17, 15) is 0 Å². The summed E-state index contributed by atoms with van der Waals surface area (Å²) in [6.07, 6.45) is 0. The van der Waals surface area contributed by atoms with Crippen LogP contribution in [0.5, 0.6) is 0 Å². The summed E-state index contributed by atoms with van der Waals surface area (Å²) >= 11 is 7.52. The summed E-state index contributed by atoms with van der Waals surface area (Å²) in [4.78, 5) is 0. The van der Waals surface area contributed by atoms with Crippen molar-refractivity contribution in [3.63, 3.8) is 0 Å². The minimum Gasteiger partial charge on any atom is -0.135 e. The van der Waals surface area contributed by atoms with E-state index in [4.69, 9.17) is 0 Å². The highest BCUT2D eigenvalue weighted by Gasteiger charge is 2.20. The standard InChI is InChI=1S/4C30H18S/c1-2-10-23-21(8-1)22-9-3-4-11-24(22)28-18-19(16-17-25(23)28)20-13-7-14-27-26-12-5-6-15-29(26)31-30(20)27;1-2-10-23-21(8-1)22-9-3-4-11-24(22)27-18-19(16-17-25(23)27)20-13-7-15-29-30(20)26-12-5-6-14-28(26)31-29;1-2-9-23-21(7-1)22-8-3-4-10-24(22)27-17-19(13-15-25(23)27)20-14-16-30-28(18-20)26-11-5-6-12-29(26)31-30;1-2-9-23-21(7-1)22-8-3-4-10-24(22)28-17-19(13-15-25(23)28)20-14-16-27-26-11-5-6-12-29(26)31-30(27)18-20/h4*1-18H. The van der Waals surface area contributed by atoms with E-state index < -0.39 is 0 Å². The Bertz CT molecular complexity index is 9120. The molecular weight excluding hydrogens is 1570 g/mol. The third kappa shape index (κ3) is 11.9. The summed E-state index contributed by atoms with van der Waals surface area (Å²) < 4.78 is 10.8. The third-order valence-corrected chi connectivity index (χ3v) is 30.5. The molecule has 28 aromatic rings. The monoisotopic (exact) mass is 1640 g/mol. The van der Waals surface area contributed by atoms with E-state index in [-0.39, 0.29) is 0 Å². The van der Waals surface area contributed by atoms with E-state index in [0.29, 0.717) is 0 Å². The fourth-order valence-electron chi connectivity index (χ4n) is 20.1. The molecule has 0 saturated carbocycles. The topological polar surface area (TPSA) is 0 Å². The van der Waals surface area contributed by atoms with Crippen molar-refractivity contribution in [2.45, 2.75) is 0 Å². The molecule has 0 aliphatic heterocycles. The van der Waals surface area contributed by atoms with Crippen molar-refractivity contribution in [2.24, 2.45) is 0 Å². The molecule has 0 fully saturated rings. The Balaban J connectivity index is 0.0000000906. The lowest BCUT2D eigenvalue weighted by molar-refractivity contribution is 1.71. The Kier molecular flexibility index (Phi) is 17.2. The summed E-state index contributed by atoms with van der Waals surface area (Å²) in [6, 6.07) is 160. The van der Waals surface area contributed by atoms with Crippen LogP contribution >= 0.6 is 45.3 Å². The van der Waals surface area contributed by atoms with Crippen molar-refractivity contribution in [3.8, 4) is 44.5 Å². The van der Waals surface area contributed by atoms with Crippen molar-refractivity contribution in [1.82, 2.24) is 0 Å². The average Bonchev–Trinajstić information content (AvgIpc) is 1.12. The molecule has 0 saturated heterocycles. The number of fused-ring (bicyclic) bond motifs is 36. The molecule has 124 heavy (non-hydrogen) atoms. The summed E-state index contributed by atoms with van der Waals surface area (Å²) in [5.74, 6) is 0. The lowest BCUT2D eigenvalue weighted by Gasteiger charge is -2.12. The van der Waals surface area contributed by atoms with E-state index >= 15 is 0 Å². The Morgan fingerprint density at radius 1 is 0.105 bits per heavy atom. The molecule has 0 aliphatic carbocycles. The van der Waals surface area contributed by atoms with Crippen LogP contribution < -0.4 is 0 Å². The molecule has 4 aromatic heterocycles. The van der Waals surface area contributed by atoms with Crippen molar-refractivity contribution in [3.05, 3.63) is 437 Å². The smallest absolute Gasteiger partial charge is 0.0433 e. The maximum absolute atomic E-state index is 2.39. The van der Waals surface area contributed by atoms with Gasteiger partial charge in [0.15, 0.2) is 0 Å². The number of rotatable bonds is 4. The average molecular weight is 1640 g/mol. The molecule has 0 amide bonds. The van der Waals surface area contributed by atoms with Gasteiger partial charge in [-0.1, -0.05) is 364 Å². The van der Waals surface area contributed by atoms with Gasteiger partial charge in [-0.2, -0.15) is 0 Å². The molecule has 0 aliphatic rings. The Morgan fingerprint density at radius 2 is 0.323 bits per heavy atom. The number of thiophene rings is 4. The Labute approximate surface area is 730 Å². The maximum atomic E-state index is 2.39. The van der Waals surface area contributed by atoms with Gasteiger partial charge in [0.25, 0.3) is 0 Å². The fourth-order valence-corrected chi connectivity index (χ4v) is 24.7. The van der Waals surface area contributed by atoms with E-state index in [0.717, 1.165) is 0 Å². The van der Waals surface area contributed by atoms with Crippen molar-refractivity contribution in [2.75, 3.05) is 0 Å². The van der Waals surface area contributed by atoms with Crippen LogP contribution in [0.1, 0.15) is 0 Å². The zero-order chi connectivity index (χ0) is 81.5. The molecule has 0 bridgehead atoms. The predicted molar refractivity (Wildman–Crippen MR) is 549 cm³/mol. The van der Waals surface area contributed by atoms with Crippen LogP contribution in [-0.4, -0.2) is 0 Å². The number of hydrogen-bond acceptors (Lipinski definition) is 4. The summed E-state index contributed by atoms with van der Waals surface area (Å²) in [5.41, 5.74) is 10.3.